The van der Waals surface area contributed by atoms with E-state index in [1.807, 2.05) is 19.1 Å². The number of rotatable bonds is 5. The average Bonchev–Trinajstić information content (AvgIpc) is 2.83. The van der Waals surface area contributed by atoms with Crippen LogP contribution >= 0.6 is 0 Å². The van der Waals surface area contributed by atoms with E-state index in [2.05, 4.69) is 10.2 Å². The van der Waals surface area contributed by atoms with E-state index >= 15 is 0 Å². The van der Waals surface area contributed by atoms with Crippen molar-refractivity contribution in [2.45, 2.75) is 32.3 Å². The maximum absolute atomic E-state index is 12.8. The van der Waals surface area contributed by atoms with E-state index in [0.717, 1.165) is 5.56 Å². The predicted molar refractivity (Wildman–Crippen MR) is 82.6 cm³/mol. The monoisotopic (exact) mass is 308 g/mol. The van der Waals surface area contributed by atoms with Gasteiger partial charge in [-0.1, -0.05) is 17.7 Å². The minimum Gasteiger partial charge on any atom is -0.326 e. The summed E-state index contributed by atoms with van der Waals surface area (Å²) in [5.74, 6) is 0. The zero-order valence-corrected chi connectivity index (χ0v) is 13.2. The first-order chi connectivity index (χ1) is 9.91. The zero-order chi connectivity index (χ0) is 15.6. The van der Waals surface area contributed by atoms with Gasteiger partial charge in [-0.2, -0.15) is 13.5 Å². The van der Waals surface area contributed by atoms with Crippen molar-refractivity contribution in [1.82, 2.24) is 10.2 Å². The normalized spacial score (nSPS) is 11.6. The molecule has 1 heterocycles. The molecular weight excluding hydrogens is 288 g/mol. The zero-order valence-electron chi connectivity index (χ0n) is 12.4. The molecule has 3 N–H and O–H groups in total. The van der Waals surface area contributed by atoms with Crippen LogP contribution in [-0.4, -0.2) is 25.2 Å². The highest BCUT2D eigenvalue weighted by Crippen LogP contribution is 2.25. The van der Waals surface area contributed by atoms with Gasteiger partial charge in [0.2, 0.25) is 5.03 Å². The highest BCUT2D eigenvalue weighted by atomic mass is 32.2. The fraction of sp³-hybridized carbons (Fsp3) is 0.357. The lowest BCUT2D eigenvalue weighted by Gasteiger charge is -2.22. The van der Waals surface area contributed by atoms with Gasteiger partial charge in [0.05, 0.1) is 5.69 Å². The molecule has 0 spiro atoms. The SMILES string of the molecule is CCN(c1ccc(C)cc1)S(=O)(=O)c1n[nH]c(C)c1CN. The molecule has 114 valence electrons. The van der Waals surface area contributed by atoms with E-state index in [-0.39, 0.29) is 11.6 Å². The number of benzene rings is 1. The third kappa shape index (κ3) is 2.79. The standard InChI is InChI=1S/C14H20N4O2S/c1-4-18(12-7-5-10(2)6-8-12)21(19,20)14-13(9-15)11(3)16-17-14/h5-8H,4,9,15H2,1-3H3,(H,16,17). The van der Waals surface area contributed by atoms with Crippen molar-refractivity contribution >= 4 is 15.7 Å². The minimum absolute atomic E-state index is 0.00456. The number of aryl methyl sites for hydroxylation is 2. The topological polar surface area (TPSA) is 92.1 Å². The number of nitrogens with two attached hydrogens (primary N) is 1. The minimum atomic E-state index is -3.73. The Balaban J connectivity index is 2.52. The number of hydrogen-bond acceptors (Lipinski definition) is 4. The van der Waals surface area contributed by atoms with Gasteiger partial charge in [-0.15, -0.1) is 0 Å². The molecule has 0 aliphatic carbocycles. The molecule has 0 saturated carbocycles. The summed E-state index contributed by atoms with van der Waals surface area (Å²) in [7, 11) is -3.73. The van der Waals surface area contributed by atoms with Crippen LogP contribution in [0.5, 0.6) is 0 Å². The number of sulfonamides is 1. The molecule has 0 amide bonds. The molecule has 1 aromatic carbocycles. The Morgan fingerprint density at radius 2 is 1.86 bits per heavy atom. The lowest BCUT2D eigenvalue weighted by atomic mass is 10.2. The first-order valence-corrected chi connectivity index (χ1v) is 8.19. The van der Waals surface area contributed by atoms with Crippen molar-refractivity contribution in [3.8, 4) is 0 Å². The molecule has 0 radical (unpaired) electrons. The molecule has 0 atom stereocenters. The van der Waals surface area contributed by atoms with Crippen LogP contribution in [0.25, 0.3) is 0 Å². The predicted octanol–water partition coefficient (Wildman–Crippen LogP) is 1.70. The highest BCUT2D eigenvalue weighted by molar-refractivity contribution is 7.92. The Labute approximate surface area is 125 Å². The fourth-order valence-corrected chi connectivity index (χ4v) is 3.85. The van der Waals surface area contributed by atoms with E-state index in [4.69, 9.17) is 5.73 Å². The highest BCUT2D eigenvalue weighted by Gasteiger charge is 2.29. The second kappa shape index (κ2) is 5.87. The largest absolute Gasteiger partial charge is 0.326 e. The molecule has 0 bridgehead atoms. The number of aromatic nitrogens is 2. The lowest BCUT2D eigenvalue weighted by Crippen LogP contribution is -2.32. The molecule has 2 rings (SSSR count). The van der Waals surface area contributed by atoms with Crippen LogP contribution in [0.2, 0.25) is 0 Å². The van der Waals surface area contributed by atoms with E-state index in [1.54, 1.807) is 26.0 Å². The fourth-order valence-electron chi connectivity index (χ4n) is 2.19. The van der Waals surface area contributed by atoms with Crippen molar-refractivity contribution in [1.29, 1.82) is 0 Å². The maximum Gasteiger partial charge on any atom is 0.283 e. The molecule has 7 heteroatoms. The average molecular weight is 308 g/mol. The summed E-state index contributed by atoms with van der Waals surface area (Å²) < 4.78 is 27.0. The maximum atomic E-state index is 12.8. The molecule has 0 aliphatic heterocycles. The summed E-state index contributed by atoms with van der Waals surface area (Å²) in [4.78, 5) is 0. The molecule has 0 saturated heterocycles. The Kier molecular flexibility index (Phi) is 4.34. The number of anilines is 1. The molecule has 0 aliphatic rings. The Morgan fingerprint density at radius 3 is 2.38 bits per heavy atom. The lowest BCUT2D eigenvalue weighted by molar-refractivity contribution is 0.586. The van der Waals surface area contributed by atoms with Gasteiger partial charge >= 0.3 is 0 Å². The third-order valence-electron chi connectivity index (χ3n) is 3.38. The van der Waals surface area contributed by atoms with Crippen molar-refractivity contribution in [3.05, 3.63) is 41.1 Å². The smallest absolute Gasteiger partial charge is 0.283 e. The summed E-state index contributed by atoms with van der Waals surface area (Å²) in [6.07, 6.45) is 0. The molecule has 6 nitrogen and oxygen atoms in total. The number of hydrogen-bond donors (Lipinski definition) is 2. The second-order valence-corrected chi connectivity index (χ2v) is 6.62. The molecular formula is C14H20N4O2S. The van der Waals surface area contributed by atoms with E-state index in [0.29, 0.717) is 23.5 Å². The van der Waals surface area contributed by atoms with Gasteiger partial charge in [0.15, 0.2) is 0 Å². The van der Waals surface area contributed by atoms with Gasteiger partial charge in [-0.05, 0) is 32.9 Å². The summed E-state index contributed by atoms with van der Waals surface area (Å²) in [5, 5.41) is 6.64. The van der Waals surface area contributed by atoms with Crippen LogP contribution in [0.3, 0.4) is 0 Å². The summed E-state index contributed by atoms with van der Waals surface area (Å²) in [6, 6.07) is 7.34. The van der Waals surface area contributed by atoms with Gasteiger partial charge in [-0.25, -0.2) is 0 Å². The third-order valence-corrected chi connectivity index (χ3v) is 5.26. The van der Waals surface area contributed by atoms with E-state index < -0.39 is 10.0 Å². The summed E-state index contributed by atoms with van der Waals surface area (Å²) >= 11 is 0. The van der Waals surface area contributed by atoms with Gasteiger partial charge in [0, 0.05) is 24.3 Å². The number of H-pyrrole nitrogens is 1. The van der Waals surface area contributed by atoms with Crippen molar-refractivity contribution < 1.29 is 8.42 Å². The first-order valence-electron chi connectivity index (χ1n) is 6.75. The van der Waals surface area contributed by atoms with Gasteiger partial charge in [-0.3, -0.25) is 9.40 Å². The number of nitrogens with zero attached hydrogens (tertiary/aromatic N) is 2. The van der Waals surface area contributed by atoms with Crippen LogP contribution in [0.4, 0.5) is 5.69 Å². The van der Waals surface area contributed by atoms with Gasteiger partial charge < -0.3 is 5.73 Å². The van der Waals surface area contributed by atoms with Crippen LogP contribution < -0.4 is 10.0 Å². The quantitative estimate of drug-likeness (QED) is 0.879. The number of nitrogens with one attached hydrogen (secondary N) is 1. The van der Waals surface area contributed by atoms with Crippen LogP contribution in [0.1, 0.15) is 23.7 Å². The first kappa shape index (κ1) is 15.5. The second-order valence-electron chi connectivity index (χ2n) is 4.84. The molecule has 21 heavy (non-hydrogen) atoms. The van der Waals surface area contributed by atoms with Crippen molar-refractivity contribution in [2.75, 3.05) is 10.8 Å². The Bertz CT molecular complexity index is 720. The van der Waals surface area contributed by atoms with Crippen LogP contribution in [0.15, 0.2) is 29.3 Å². The molecule has 0 fully saturated rings. The summed E-state index contributed by atoms with van der Waals surface area (Å²) in [5.41, 5.74) is 8.55. The van der Waals surface area contributed by atoms with Gasteiger partial charge in [0.25, 0.3) is 10.0 Å². The van der Waals surface area contributed by atoms with Crippen molar-refractivity contribution in [2.24, 2.45) is 5.73 Å². The molecule has 1 aromatic heterocycles. The number of aromatic amines is 1. The summed E-state index contributed by atoms with van der Waals surface area (Å²) in [6.45, 7) is 5.96. The van der Waals surface area contributed by atoms with E-state index in [9.17, 15) is 8.42 Å². The Hall–Kier alpha value is -1.86. The molecule has 0 unspecified atom stereocenters. The van der Waals surface area contributed by atoms with Crippen LogP contribution in [0, 0.1) is 13.8 Å². The van der Waals surface area contributed by atoms with Crippen LogP contribution in [-0.2, 0) is 16.6 Å². The van der Waals surface area contributed by atoms with Gasteiger partial charge in [0.1, 0.15) is 0 Å². The van der Waals surface area contributed by atoms with Crippen molar-refractivity contribution in [3.63, 3.8) is 0 Å². The molecule has 2 aromatic rings. The Morgan fingerprint density at radius 1 is 1.24 bits per heavy atom. The van der Waals surface area contributed by atoms with E-state index in [1.165, 1.54) is 4.31 Å².